The number of anilines is 1. The first-order valence-corrected chi connectivity index (χ1v) is 7.00. The Labute approximate surface area is 110 Å². The molecule has 0 aliphatic heterocycles. The van der Waals surface area contributed by atoms with Crippen LogP contribution in [0.2, 0.25) is 0 Å². The van der Waals surface area contributed by atoms with Crippen molar-refractivity contribution in [1.29, 1.82) is 0 Å². The Kier molecular flexibility index (Phi) is 4.03. The minimum absolute atomic E-state index is 0.633. The monoisotopic (exact) mass is 266 g/mol. The summed E-state index contributed by atoms with van der Waals surface area (Å²) in [6, 6.07) is 0. The highest BCUT2D eigenvalue weighted by Gasteiger charge is 2.10. The zero-order valence-corrected chi connectivity index (χ0v) is 11.7. The molecule has 0 saturated heterocycles. The molecular formula is C11H18N6S. The zero-order chi connectivity index (χ0) is 13.1. The van der Waals surface area contributed by atoms with Crippen molar-refractivity contribution in [1.82, 2.24) is 19.7 Å². The van der Waals surface area contributed by atoms with Crippen molar-refractivity contribution in [3.8, 4) is 0 Å². The second kappa shape index (κ2) is 5.53. The van der Waals surface area contributed by atoms with Gasteiger partial charge in [-0.3, -0.25) is 4.68 Å². The third-order valence-electron chi connectivity index (χ3n) is 2.46. The molecule has 0 unspecified atom stereocenters. The van der Waals surface area contributed by atoms with Gasteiger partial charge in [0.2, 0.25) is 0 Å². The molecule has 0 amide bonds. The van der Waals surface area contributed by atoms with Crippen molar-refractivity contribution in [2.24, 2.45) is 18.8 Å². The number of rotatable bonds is 5. The Morgan fingerprint density at radius 2 is 2.22 bits per heavy atom. The number of nitrogen functional groups attached to an aromatic ring is 1. The number of hydrogen-bond donors (Lipinski definition) is 2. The van der Waals surface area contributed by atoms with Crippen LogP contribution in [0.15, 0.2) is 6.20 Å². The van der Waals surface area contributed by atoms with E-state index in [2.05, 4.69) is 34.3 Å². The van der Waals surface area contributed by atoms with E-state index in [0.717, 1.165) is 28.4 Å². The minimum atomic E-state index is 0.633. The molecular weight excluding hydrogens is 248 g/mol. The van der Waals surface area contributed by atoms with E-state index in [1.54, 1.807) is 10.9 Å². The normalized spacial score (nSPS) is 11.4. The third-order valence-corrected chi connectivity index (χ3v) is 3.82. The predicted molar refractivity (Wildman–Crippen MR) is 75.1 cm³/mol. The van der Waals surface area contributed by atoms with Gasteiger partial charge >= 0.3 is 0 Å². The molecule has 2 aromatic rings. The maximum atomic E-state index is 5.49. The van der Waals surface area contributed by atoms with Gasteiger partial charge in [0.15, 0.2) is 11.5 Å². The van der Waals surface area contributed by atoms with Gasteiger partial charge in [-0.1, -0.05) is 13.8 Å². The second-order valence-electron chi connectivity index (χ2n) is 4.55. The van der Waals surface area contributed by atoms with Crippen molar-refractivity contribution in [2.75, 3.05) is 11.2 Å². The van der Waals surface area contributed by atoms with Gasteiger partial charge in [-0.05, 0) is 11.7 Å². The molecule has 2 aromatic heterocycles. The van der Waals surface area contributed by atoms with Crippen LogP contribution in [0.1, 0.15) is 19.7 Å². The van der Waals surface area contributed by atoms with Gasteiger partial charge in [-0.15, -0.1) is 0 Å². The molecule has 0 aromatic carbocycles. The number of nitrogens with two attached hydrogens (primary N) is 1. The average molecular weight is 266 g/mol. The molecule has 6 nitrogen and oxygen atoms in total. The topological polar surface area (TPSA) is 81.6 Å². The highest BCUT2D eigenvalue weighted by atomic mass is 32.2. The molecule has 3 N–H and O–H groups in total. The molecule has 0 fully saturated rings. The SMILES string of the molecule is CC(C)CSCc1nc(NN)c2cnn(C)c2n1. The molecule has 2 rings (SSSR count). The molecule has 0 atom stereocenters. The zero-order valence-electron chi connectivity index (χ0n) is 10.8. The number of nitrogens with zero attached hydrogens (tertiary/aromatic N) is 4. The number of aryl methyl sites for hydroxylation is 1. The summed E-state index contributed by atoms with van der Waals surface area (Å²) in [5.74, 6) is 9.45. The summed E-state index contributed by atoms with van der Waals surface area (Å²) in [4.78, 5) is 8.92. The number of nitrogens with one attached hydrogen (secondary N) is 1. The lowest BCUT2D eigenvalue weighted by Gasteiger charge is -2.06. The molecule has 0 spiro atoms. The lowest BCUT2D eigenvalue weighted by atomic mass is 10.3. The highest BCUT2D eigenvalue weighted by molar-refractivity contribution is 7.98. The van der Waals surface area contributed by atoms with Gasteiger partial charge < -0.3 is 5.43 Å². The van der Waals surface area contributed by atoms with Crippen LogP contribution in [-0.2, 0) is 12.8 Å². The summed E-state index contributed by atoms with van der Waals surface area (Å²) in [7, 11) is 1.86. The van der Waals surface area contributed by atoms with Crippen LogP contribution in [0.5, 0.6) is 0 Å². The Hall–Kier alpha value is -1.34. The van der Waals surface area contributed by atoms with E-state index in [4.69, 9.17) is 5.84 Å². The van der Waals surface area contributed by atoms with E-state index in [1.165, 1.54) is 0 Å². The number of hydrazine groups is 1. The quantitative estimate of drug-likeness (QED) is 0.631. The van der Waals surface area contributed by atoms with Crippen LogP contribution in [0, 0.1) is 5.92 Å². The summed E-state index contributed by atoms with van der Waals surface area (Å²) in [5, 5.41) is 5.01. The first kappa shape index (κ1) is 13.1. The smallest absolute Gasteiger partial charge is 0.163 e. The number of thioether (sulfide) groups is 1. The molecule has 2 heterocycles. The third kappa shape index (κ3) is 2.73. The molecule has 0 saturated carbocycles. The fourth-order valence-corrected chi connectivity index (χ4v) is 2.53. The van der Waals surface area contributed by atoms with Gasteiger partial charge in [0.05, 0.1) is 17.3 Å². The van der Waals surface area contributed by atoms with Crippen LogP contribution < -0.4 is 11.3 Å². The predicted octanol–water partition coefficient (Wildman–Crippen LogP) is 1.54. The number of fused-ring (bicyclic) bond motifs is 1. The molecule has 0 radical (unpaired) electrons. The lowest BCUT2D eigenvalue weighted by molar-refractivity contribution is 0.749. The van der Waals surface area contributed by atoms with E-state index < -0.39 is 0 Å². The maximum absolute atomic E-state index is 5.49. The Bertz CT molecular complexity index is 536. The van der Waals surface area contributed by atoms with Gasteiger partial charge in [-0.2, -0.15) is 16.9 Å². The van der Waals surface area contributed by atoms with Crippen LogP contribution in [-0.4, -0.2) is 25.5 Å². The minimum Gasteiger partial charge on any atom is -0.308 e. The van der Waals surface area contributed by atoms with Crippen LogP contribution in [0.4, 0.5) is 5.82 Å². The summed E-state index contributed by atoms with van der Waals surface area (Å²) >= 11 is 1.83. The Morgan fingerprint density at radius 3 is 2.89 bits per heavy atom. The van der Waals surface area contributed by atoms with Crippen molar-refractivity contribution in [3.63, 3.8) is 0 Å². The summed E-state index contributed by atoms with van der Waals surface area (Å²) in [6.45, 7) is 4.40. The molecule has 98 valence electrons. The summed E-state index contributed by atoms with van der Waals surface area (Å²) in [6.07, 6.45) is 1.72. The van der Waals surface area contributed by atoms with Gasteiger partial charge in [0.1, 0.15) is 5.82 Å². The van der Waals surface area contributed by atoms with E-state index in [0.29, 0.717) is 11.7 Å². The number of hydrogen-bond acceptors (Lipinski definition) is 6. The van der Waals surface area contributed by atoms with Crippen LogP contribution in [0.3, 0.4) is 0 Å². The van der Waals surface area contributed by atoms with Crippen molar-refractivity contribution < 1.29 is 0 Å². The Balaban J connectivity index is 2.25. The van der Waals surface area contributed by atoms with Gasteiger partial charge in [-0.25, -0.2) is 15.8 Å². The lowest BCUT2D eigenvalue weighted by Crippen LogP contribution is -2.11. The van der Waals surface area contributed by atoms with E-state index in [1.807, 2.05) is 18.8 Å². The molecule has 0 aliphatic carbocycles. The standard InChI is InChI=1S/C11H18N6S/c1-7(2)5-18-6-9-14-10(16-12)8-4-13-17(3)11(8)15-9/h4,7H,5-6,12H2,1-3H3,(H,14,15,16). The largest absolute Gasteiger partial charge is 0.308 e. The molecule has 18 heavy (non-hydrogen) atoms. The van der Waals surface area contributed by atoms with E-state index in [-0.39, 0.29) is 0 Å². The van der Waals surface area contributed by atoms with Crippen LogP contribution in [0.25, 0.3) is 11.0 Å². The molecule has 0 aliphatic rings. The first-order chi connectivity index (χ1) is 8.61. The molecule has 0 bridgehead atoms. The van der Waals surface area contributed by atoms with Gasteiger partial charge in [0.25, 0.3) is 0 Å². The summed E-state index contributed by atoms with van der Waals surface area (Å²) < 4.78 is 1.73. The molecule has 7 heteroatoms. The maximum Gasteiger partial charge on any atom is 0.163 e. The Morgan fingerprint density at radius 1 is 1.44 bits per heavy atom. The first-order valence-electron chi connectivity index (χ1n) is 5.84. The van der Waals surface area contributed by atoms with E-state index in [9.17, 15) is 0 Å². The second-order valence-corrected chi connectivity index (χ2v) is 5.58. The van der Waals surface area contributed by atoms with Crippen LogP contribution >= 0.6 is 11.8 Å². The van der Waals surface area contributed by atoms with Crippen molar-refractivity contribution in [2.45, 2.75) is 19.6 Å². The summed E-state index contributed by atoms with van der Waals surface area (Å²) in [5.41, 5.74) is 3.41. The van der Waals surface area contributed by atoms with Crippen molar-refractivity contribution in [3.05, 3.63) is 12.0 Å². The fourth-order valence-electron chi connectivity index (χ4n) is 1.63. The van der Waals surface area contributed by atoms with Crippen molar-refractivity contribution >= 4 is 28.6 Å². The van der Waals surface area contributed by atoms with Gasteiger partial charge in [0, 0.05) is 7.05 Å². The number of aromatic nitrogens is 4. The van der Waals surface area contributed by atoms with E-state index >= 15 is 0 Å². The highest BCUT2D eigenvalue weighted by Crippen LogP contribution is 2.21. The fraction of sp³-hybridized carbons (Fsp3) is 0.545. The average Bonchev–Trinajstić information content (AvgIpc) is 2.70.